The Hall–Kier alpha value is 0.0500. The fraction of sp³-hybridized carbons (Fsp3) is 0.400. The fourth-order valence-corrected chi connectivity index (χ4v) is 4.17. The van der Waals surface area contributed by atoms with E-state index in [0.717, 1.165) is 0 Å². The molecule has 2 unspecified atom stereocenters. The smallest absolute Gasteiger partial charge is 0.240 e. The Bertz CT molecular complexity index is 562. The summed E-state index contributed by atoms with van der Waals surface area (Å²) in [5.74, 6) is 0.272. The van der Waals surface area contributed by atoms with Crippen LogP contribution in [0.25, 0.3) is 0 Å². The highest BCUT2D eigenvalue weighted by atomic mass is 79.9. The monoisotopic (exact) mass is 373 g/mol. The number of halogens is 2. The third-order valence-corrected chi connectivity index (χ3v) is 5.81. The summed E-state index contributed by atoms with van der Waals surface area (Å²) in [6.07, 6.45) is 1.53. The van der Waals surface area contributed by atoms with E-state index in [1.807, 2.05) is 0 Å². The van der Waals surface area contributed by atoms with Crippen LogP contribution in [0.4, 0.5) is 0 Å². The highest BCUT2D eigenvalue weighted by Gasteiger charge is 2.18. The lowest BCUT2D eigenvalue weighted by Crippen LogP contribution is -2.36. The van der Waals surface area contributed by atoms with Crippen LogP contribution in [-0.4, -0.2) is 30.7 Å². The quantitative estimate of drug-likeness (QED) is 0.859. The van der Waals surface area contributed by atoms with E-state index < -0.39 is 26.9 Å². The highest BCUT2D eigenvalue weighted by molar-refractivity contribution is 9.10. The third kappa shape index (κ3) is 4.62. The Morgan fingerprint density at radius 1 is 1.50 bits per heavy atom. The van der Waals surface area contributed by atoms with Gasteiger partial charge in [0.15, 0.2) is 0 Å². The zero-order valence-electron chi connectivity index (χ0n) is 9.81. The lowest BCUT2D eigenvalue weighted by molar-refractivity contribution is 0.570. The standard InChI is InChI=1S/C10H13BrClNO3S2/c1-7(6-17(2)14)13-18(15,16)8-3-4-10(12)9(11)5-8/h3-5,7,13H,6H2,1-2H3. The molecule has 2 atom stereocenters. The van der Waals surface area contributed by atoms with Gasteiger partial charge < -0.3 is 0 Å². The van der Waals surface area contributed by atoms with Gasteiger partial charge in [0.25, 0.3) is 0 Å². The largest absolute Gasteiger partial charge is 0.260 e. The van der Waals surface area contributed by atoms with Crippen molar-refractivity contribution in [3.8, 4) is 0 Å². The molecule has 0 bridgehead atoms. The lowest BCUT2D eigenvalue weighted by Gasteiger charge is -2.13. The van der Waals surface area contributed by atoms with Crippen molar-refractivity contribution in [2.75, 3.05) is 12.0 Å². The second-order valence-corrected chi connectivity index (χ2v) is 8.29. The van der Waals surface area contributed by atoms with E-state index >= 15 is 0 Å². The molecule has 1 rings (SSSR count). The summed E-state index contributed by atoms with van der Waals surface area (Å²) in [7, 11) is -4.67. The molecule has 4 nitrogen and oxygen atoms in total. The number of nitrogens with one attached hydrogen (secondary N) is 1. The molecule has 0 aliphatic carbocycles. The van der Waals surface area contributed by atoms with Gasteiger partial charge in [0.05, 0.1) is 9.92 Å². The first kappa shape index (κ1) is 16.1. The fourth-order valence-electron chi connectivity index (χ4n) is 1.36. The van der Waals surface area contributed by atoms with Crippen molar-refractivity contribution in [3.63, 3.8) is 0 Å². The Morgan fingerprint density at radius 2 is 2.11 bits per heavy atom. The third-order valence-electron chi connectivity index (χ3n) is 2.04. The molecule has 0 aromatic heterocycles. The first-order valence-electron chi connectivity index (χ1n) is 5.00. The maximum Gasteiger partial charge on any atom is 0.240 e. The molecule has 8 heteroatoms. The second kappa shape index (κ2) is 6.47. The Balaban J connectivity index is 2.92. The average Bonchev–Trinajstić information content (AvgIpc) is 2.19. The van der Waals surface area contributed by atoms with E-state index in [9.17, 15) is 12.6 Å². The molecule has 0 saturated heterocycles. The van der Waals surface area contributed by atoms with Crippen molar-refractivity contribution in [1.29, 1.82) is 0 Å². The van der Waals surface area contributed by atoms with Crippen LogP contribution in [-0.2, 0) is 20.8 Å². The molecule has 0 spiro atoms. The first-order chi connectivity index (χ1) is 8.22. The summed E-state index contributed by atoms with van der Waals surface area (Å²) in [6.45, 7) is 1.67. The molecule has 1 aromatic rings. The first-order valence-corrected chi connectivity index (χ1v) is 9.38. The zero-order valence-corrected chi connectivity index (χ0v) is 13.8. The highest BCUT2D eigenvalue weighted by Crippen LogP contribution is 2.25. The van der Waals surface area contributed by atoms with Gasteiger partial charge in [-0.3, -0.25) is 4.21 Å². The van der Waals surface area contributed by atoms with Crippen LogP contribution in [0.5, 0.6) is 0 Å². The summed E-state index contributed by atoms with van der Waals surface area (Å²) in [4.78, 5) is 0.118. The molecule has 0 aliphatic rings. The maximum atomic E-state index is 12.0. The number of hydrogen-bond donors (Lipinski definition) is 1. The Morgan fingerprint density at radius 3 is 2.61 bits per heavy atom. The number of sulfonamides is 1. The number of hydrogen-bond acceptors (Lipinski definition) is 3. The van der Waals surface area contributed by atoms with Gasteiger partial charge in [0.2, 0.25) is 10.0 Å². The van der Waals surface area contributed by atoms with Gasteiger partial charge in [-0.05, 0) is 41.1 Å². The van der Waals surface area contributed by atoms with Crippen molar-refractivity contribution >= 4 is 48.4 Å². The molecule has 0 saturated carbocycles. The molecule has 18 heavy (non-hydrogen) atoms. The Kier molecular flexibility index (Phi) is 5.79. The van der Waals surface area contributed by atoms with E-state index in [1.54, 1.807) is 6.92 Å². The van der Waals surface area contributed by atoms with Crippen LogP contribution < -0.4 is 4.72 Å². The number of benzene rings is 1. The minimum absolute atomic E-state index is 0.118. The predicted molar refractivity (Wildman–Crippen MR) is 77.9 cm³/mol. The van der Waals surface area contributed by atoms with Crippen LogP contribution in [0.2, 0.25) is 5.02 Å². The van der Waals surface area contributed by atoms with E-state index in [1.165, 1.54) is 24.5 Å². The molecule has 1 N–H and O–H groups in total. The molecule has 102 valence electrons. The van der Waals surface area contributed by atoms with Crippen molar-refractivity contribution in [2.45, 2.75) is 17.9 Å². The van der Waals surface area contributed by atoms with E-state index in [0.29, 0.717) is 9.50 Å². The van der Waals surface area contributed by atoms with E-state index in [4.69, 9.17) is 11.6 Å². The molecule has 0 amide bonds. The molecule has 0 radical (unpaired) electrons. The predicted octanol–water partition coefficient (Wildman–Crippen LogP) is 2.15. The number of rotatable bonds is 5. The Labute approximate surface area is 123 Å². The second-order valence-electron chi connectivity index (χ2n) is 3.84. The summed E-state index contributed by atoms with van der Waals surface area (Å²) < 4.78 is 38.0. The molecule has 0 heterocycles. The molecule has 1 aromatic carbocycles. The van der Waals surface area contributed by atoms with Crippen LogP contribution in [0, 0.1) is 0 Å². The van der Waals surface area contributed by atoms with Crippen molar-refractivity contribution in [1.82, 2.24) is 4.72 Å². The maximum absolute atomic E-state index is 12.0. The summed E-state index contributed by atoms with van der Waals surface area (Å²) in [5, 5.41) is 0.441. The summed E-state index contributed by atoms with van der Waals surface area (Å²) in [6, 6.07) is 3.96. The van der Waals surface area contributed by atoms with Gasteiger partial charge in [-0.15, -0.1) is 0 Å². The molecule has 0 fully saturated rings. The van der Waals surface area contributed by atoms with Crippen molar-refractivity contribution < 1.29 is 12.6 Å². The zero-order chi connectivity index (χ0) is 13.9. The average molecular weight is 375 g/mol. The van der Waals surface area contributed by atoms with Crippen LogP contribution in [0.15, 0.2) is 27.6 Å². The normalized spacial score (nSPS) is 15.3. The molecule has 0 aliphatic heterocycles. The van der Waals surface area contributed by atoms with Crippen LogP contribution in [0.1, 0.15) is 6.92 Å². The van der Waals surface area contributed by atoms with E-state index in [2.05, 4.69) is 20.7 Å². The minimum atomic E-state index is -3.62. The summed E-state index contributed by atoms with van der Waals surface area (Å²) in [5.41, 5.74) is 0. The van der Waals surface area contributed by atoms with Gasteiger partial charge in [-0.2, -0.15) is 0 Å². The lowest BCUT2D eigenvalue weighted by atomic mass is 10.4. The molecular weight excluding hydrogens is 362 g/mol. The van der Waals surface area contributed by atoms with Gasteiger partial charge in [-0.25, -0.2) is 13.1 Å². The van der Waals surface area contributed by atoms with Gasteiger partial charge in [-0.1, -0.05) is 11.6 Å². The van der Waals surface area contributed by atoms with Gasteiger partial charge in [0.1, 0.15) is 0 Å². The van der Waals surface area contributed by atoms with Gasteiger partial charge >= 0.3 is 0 Å². The van der Waals surface area contributed by atoms with Crippen molar-refractivity contribution in [2.24, 2.45) is 0 Å². The SMILES string of the molecule is CC(CS(C)=O)NS(=O)(=O)c1ccc(Cl)c(Br)c1. The summed E-state index contributed by atoms with van der Waals surface area (Å²) >= 11 is 8.98. The van der Waals surface area contributed by atoms with Gasteiger partial charge in [0, 0.05) is 33.3 Å². The van der Waals surface area contributed by atoms with Crippen LogP contribution >= 0.6 is 27.5 Å². The molecular formula is C10H13BrClNO3S2. The topological polar surface area (TPSA) is 63.2 Å². The van der Waals surface area contributed by atoms with Crippen LogP contribution in [0.3, 0.4) is 0 Å². The van der Waals surface area contributed by atoms with Crippen molar-refractivity contribution in [3.05, 3.63) is 27.7 Å². The van der Waals surface area contributed by atoms with E-state index in [-0.39, 0.29) is 10.6 Å². The minimum Gasteiger partial charge on any atom is -0.260 e.